The lowest BCUT2D eigenvalue weighted by Gasteiger charge is -2.72. The highest BCUT2D eigenvalue weighted by molar-refractivity contribution is 5.80. The highest BCUT2D eigenvalue weighted by atomic mass is 16.8. The predicted octanol–water partition coefficient (Wildman–Crippen LogP) is -3.97. The molecule has 6 saturated heterocycles. The van der Waals surface area contributed by atoms with Crippen LogP contribution >= 0.6 is 0 Å². The smallest absolute Gasteiger partial charge is 0.317 e. The van der Waals surface area contributed by atoms with E-state index in [1.165, 1.54) is 20.8 Å². The van der Waals surface area contributed by atoms with Gasteiger partial charge in [-0.25, -0.2) is 0 Å². The first-order valence-corrected chi connectivity index (χ1v) is 35.3. The van der Waals surface area contributed by atoms with Crippen molar-refractivity contribution in [3.63, 3.8) is 0 Å². The first kappa shape index (κ1) is 79.1. The quantitative estimate of drug-likeness (QED) is 0.0286. The minimum atomic E-state index is -2.27. The lowest BCUT2D eigenvalue weighted by atomic mass is 9.33. The molecule has 6 heterocycles. The second kappa shape index (κ2) is 29.2. The molecule has 0 radical (unpaired) electrons. The third-order valence-corrected chi connectivity index (χ3v) is 25.5. The average molecular weight is 1450 g/mol. The second-order valence-corrected chi connectivity index (χ2v) is 32.4. The maximum Gasteiger partial charge on any atom is 0.317 e. The van der Waals surface area contributed by atoms with Crippen LogP contribution in [0.2, 0.25) is 0 Å². The standard InChI is InChI=1S/C68H108O33/c1-26-39(76)41(78)44(81)56(91-26)97-50-34(74)22-88-55(47(50)84)96-48-27(2)92-57(46(83)43(48)80)99-52-51(98-60-53(85)67(87,25-90-60)24-89-29(4)71)49(94-30(5)72)28(3)93-59(52)101-61(86)68-17-16-62(6,7)18-32(68)31-12-13-37-63(8)19-33(73)54(100-58-45(82)42(79)40(77)35(21-69)95-58)64(9,23-70)36(63)14-15-65(37,10)66(31,11)20-38(68)75/h12,26-28,32-60,69-70,73-85,87H,13-25H2,1-11H3/t26-,27-,28+,32-,33-,34+,35+,36+,37+,38+,39-,40+,41+,42-,43-,44+,45+,46+,47+,48-,49-,50-,51-,52+,53-,54-,55-,56-,57-,58-,59-,60-,63-,64-,65+,66+,67+,68+/m0/s1. The van der Waals surface area contributed by atoms with Crippen LogP contribution in [0.1, 0.15) is 128 Å². The van der Waals surface area contributed by atoms with Gasteiger partial charge in [0.15, 0.2) is 49.3 Å². The molecule has 0 bridgehead atoms. The Bertz CT molecular complexity index is 2960. The van der Waals surface area contributed by atoms with Gasteiger partial charge in [-0.15, -0.1) is 0 Å². The fraction of sp³-hybridized carbons (Fsp3) is 0.926. The molecule has 4 saturated carbocycles. The molecule has 0 unspecified atom stereocenters. The highest BCUT2D eigenvalue weighted by Crippen LogP contribution is 2.76. The van der Waals surface area contributed by atoms with E-state index >= 15 is 4.79 Å². The molecule has 101 heavy (non-hydrogen) atoms. The van der Waals surface area contributed by atoms with E-state index in [0.29, 0.717) is 32.1 Å². The molecule has 578 valence electrons. The van der Waals surface area contributed by atoms with Crippen LogP contribution in [0.3, 0.4) is 0 Å². The Kier molecular flexibility index (Phi) is 22.9. The average Bonchev–Trinajstić information content (AvgIpc) is 0.797. The van der Waals surface area contributed by atoms with Gasteiger partial charge in [-0.05, 0) is 112 Å². The van der Waals surface area contributed by atoms with Crippen LogP contribution in [-0.2, 0) is 80.7 Å². The molecule has 5 aliphatic carbocycles. The number of hydrogen-bond acceptors (Lipinski definition) is 33. The van der Waals surface area contributed by atoms with Crippen molar-refractivity contribution in [3.05, 3.63) is 11.6 Å². The Morgan fingerprint density at radius 2 is 1.14 bits per heavy atom. The SMILES string of the molecule is CC(=O)OC[C@@]1(O)CO[C@@H](O[C@H]2[C@@H](OC(C)=O)[C@@H](C)O[C@@H](OC(=O)[C@]34CCC(C)(C)C[C@H]3C3=CC[C@@H]5[C@@]6(C)C[C@H](O)[C@H](O[C@@H]7O[C@H](CO)[C@@H](O)[C@H](O)[C@H]7O)[C@@](C)(CO)[C@@H]6CC[C@@]5(C)[C@]3(C)C[C@H]4O)[C@@H]2O[C@@H]2O[C@@H](C)[C@H](O[C@@H]3OC[C@@H](O)[C@H](O[C@@H]4O[C@@H](C)[C@H](O)[C@@H](O)[C@H]4O)[C@H]3O)[C@@H](O)[C@H]2O)[C@@H]1O. The molecule has 0 aromatic rings. The van der Waals surface area contributed by atoms with Gasteiger partial charge in [0, 0.05) is 19.3 Å². The van der Waals surface area contributed by atoms with Gasteiger partial charge in [0.2, 0.25) is 6.29 Å². The first-order chi connectivity index (χ1) is 47.2. The number of fused-ring (bicyclic) bond motifs is 7. The summed E-state index contributed by atoms with van der Waals surface area (Å²) in [6, 6.07) is 0. The molecule has 38 atom stereocenters. The Hall–Kier alpha value is -2.93. The van der Waals surface area contributed by atoms with Crippen molar-refractivity contribution >= 4 is 17.9 Å². The van der Waals surface area contributed by atoms with Gasteiger partial charge in [-0.1, -0.05) is 53.2 Å². The van der Waals surface area contributed by atoms with E-state index in [4.69, 9.17) is 66.3 Å². The largest absolute Gasteiger partial charge is 0.463 e. The third kappa shape index (κ3) is 13.7. The normalized spacial score (nSPS) is 53.5. The molecule has 0 aromatic heterocycles. The van der Waals surface area contributed by atoms with Gasteiger partial charge in [0.1, 0.15) is 104 Å². The first-order valence-electron chi connectivity index (χ1n) is 35.3. The van der Waals surface area contributed by atoms with Crippen LogP contribution in [0.15, 0.2) is 11.6 Å². The topological polar surface area (TPSA) is 504 Å². The lowest BCUT2D eigenvalue weighted by molar-refractivity contribution is -0.386. The fourth-order valence-electron chi connectivity index (χ4n) is 19.6. The second-order valence-electron chi connectivity index (χ2n) is 32.4. The number of carbonyl (C=O) groups is 3. The van der Waals surface area contributed by atoms with E-state index in [1.54, 1.807) is 6.92 Å². The third-order valence-electron chi connectivity index (χ3n) is 25.5. The summed E-state index contributed by atoms with van der Waals surface area (Å²) in [5.74, 6) is -3.91. The Morgan fingerprint density at radius 1 is 0.545 bits per heavy atom. The number of carbonyl (C=O) groups excluding carboxylic acids is 3. The highest BCUT2D eigenvalue weighted by Gasteiger charge is 2.74. The lowest BCUT2D eigenvalue weighted by Crippen LogP contribution is -2.70. The van der Waals surface area contributed by atoms with Crippen LogP contribution in [0.5, 0.6) is 0 Å². The summed E-state index contributed by atoms with van der Waals surface area (Å²) in [4.78, 5) is 41.3. The molecule has 33 nitrogen and oxygen atoms in total. The van der Waals surface area contributed by atoms with Gasteiger partial charge in [-0.3, -0.25) is 14.4 Å². The molecule has 0 spiro atoms. The number of hydrogen-bond donors (Lipinski definition) is 16. The fourth-order valence-corrected chi connectivity index (χ4v) is 19.6. The Morgan fingerprint density at radius 3 is 1.78 bits per heavy atom. The molecule has 16 N–H and O–H groups in total. The number of ether oxygens (including phenoxy) is 14. The van der Waals surface area contributed by atoms with E-state index < -0.39 is 273 Å². The van der Waals surface area contributed by atoms with Crippen molar-refractivity contribution in [3.8, 4) is 0 Å². The summed E-state index contributed by atoms with van der Waals surface area (Å²) in [5, 5.41) is 181. The molecule has 11 aliphatic rings. The summed E-state index contributed by atoms with van der Waals surface area (Å²) >= 11 is 0. The van der Waals surface area contributed by atoms with Gasteiger partial charge in [0.05, 0.1) is 63.1 Å². The van der Waals surface area contributed by atoms with Crippen LogP contribution in [0.4, 0.5) is 0 Å². The number of esters is 3. The number of aliphatic hydroxyl groups is 16. The molecular formula is C68H108O33. The Balaban J connectivity index is 0.892. The summed E-state index contributed by atoms with van der Waals surface area (Å²) in [6.45, 7) is 15.5. The van der Waals surface area contributed by atoms with E-state index in [0.717, 1.165) is 19.4 Å². The maximum absolute atomic E-state index is 16.2. The summed E-state index contributed by atoms with van der Waals surface area (Å²) < 4.78 is 84.3. The zero-order chi connectivity index (χ0) is 74.1. The van der Waals surface area contributed by atoms with Crippen LogP contribution in [0.25, 0.3) is 0 Å². The molecule has 6 aliphatic heterocycles. The van der Waals surface area contributed by atoms with Crippen molar-refractivity contribution in [2.24, 2.45) is 50.2 Å². The van der Waals surface area contributed by atoms with Gasteiger partial charge < -0.3 is 148 Å². The van der Waals surface area contributed by atoms with E-state index in [-0.39, 0.29) is 31.1 Å². The number of aliphatic hydroxyl groups excluding tert-OH is 15. The molecular weight excluding hydrogens is 1340 g/mol. The van der Waals surface area contributed by atoms with Gasteiger partial charge >= 0.3 is 17.9 Å². The summed E-state index contributed by atoms with van der Waals surface area (Å²) in [7, 11) is 0. The number of allylic oxidation sites excluding steroid dienone is 2. The Labute approximate surface area is 584 Å². The molecule has 10 fully saturated rings. The minimum Gasteiger partial charge on any atom is -0.463 e. The zero-order valence-electron chi connectivity index (χ0n) is 58.8. The summed E-state index contributed by atoms with van der Waals surface area (Å²) in [5.41, 5.74) is -6.93. The van der Waals surface area contributed by atoms with E-state index in [1.807, 2.05) is 0 Å². The molecule has 33 heteroatoms. The monoisotopic (exact) mass is 1450 g/mol. The van der Waals surface area contributed by atoms with Crippen molar-refractivity contribution < 1.29 is 162 Å². The molecule has 0 aromatic carbocycles. The van der Waals surface area contributed by atoms with E-state index in [9.17, 15) is 91.3 Å². The number of rotatable bonds is 17. The van der Waals surface area contributed by atoms with E-state index in [2.05, 4.69) is 40.7 Å². The predicted molar refractivity (Wildman–Crippen MR) is 335 cm³/mol. The van der Waals surface area contributed by atoms with Crippen molar-refractivity contribution in [2.75, 3.05) is 33.0 Å². The van der Waals surface area contributed by atoms with Crippen LogP contribution in [0, 0.1) is 50.2 Å². The van der Waals surface area contributed by atoms with Crippen LogP contribution in [-0.4, -0.2) is 316 Å². The minimum absolute atomic E-state index is 0.0291. The maximum atomic E-state index is 16.2. The molecule has 11 rings (SSSR count). The van der Waals surface area contributed by atoms with Crippen LogP contribution < -0.4 is 0 Å². The van der Waals surface area contributed by atoms with Gasteiger partial charge in [0.25, 0.3) is 0 Å². The summed E-state index contributed by atoms with van der Waals surface area (Å²) in [6.07, 6.45) is -43.5. The zero-order valence-corrected chi connectivity index (χ0v) is 58.8. The van der Waals surface area contributed by atoms with Gasteiger partial charge in [-0.2, -0.15) is 0 Å². The van der Waals surface area contributed by atoms with Crippen molar-refractivity contribution in [1.29, 1.82) is 0 Å². The molecule has 0 amide bonds. The van der Waals surface area contributed by atoms with Crippen molar-refractivity contribution in [1.82, 2.24) is 0 Å². The van der Waals surface area contributed by atoms with Crippen molar-refractivity contribution in [2.45, 2.75) is 311 Å².